The van der Waals surface area contributed by atoms with Crippen molar-refractivity contribution in [3.63, 3.8) is 0 Å². The van der Waals surface area contributed by atoms with E-state index in [2.05, 4.69) is 41.3 Å². The molecule has 7 nitrogen and oxygen atoms in total. The quantitative estimate of drug-likeness (QED) is 0.373. The number of sulfonamides is 1. The van der Waals surface area contributed by atoms with Crippen molar-refractivity contribution in [3.8, 4) is 11.1 Å². The second kappa shape index (κ2) is 10.4. The molecule has 3 aromatic carbocycles. The molecule has 0 aliphatic heterocycles. The first-order valence-corrected chi connectivity index (χ1v) is 13.0. The predicted molar refractivity (Wildman–Crippen MR) is 137 cm³/mol. The lowest BCUT2D eigenvalue weighted by Crippen LogP contribution is -2.33. The molecule has 0 bridgehead atoms. The van der Waals surface area contributed by atoms with Crippen molar-refractivity contribution in [3.05, 3.63) is 83.7 Å². The summed E-state index contributed by atoms with van der Waals surface area (Å²) in [5, 5.41) is 0. The number of fused-ring (bicyclic) bond motifs is 1. The van der Waals surface area contributed by atoms with E-state index < -0.39 is 15.9 Å². The highest BCUT2D eigenvalue weighted by Crippen LogP contribution is 2.28. The maximum atomic E-state index is 12.8. The average Bonchev–Trinajstić information content (AvgIpc) is 3.18. The fraction of sp³-hybridized carbons (Fsp3) is 0.259. The highest BCUT2D eigenvalue weighted by molar-refractivity contribution is 7.90. The molecule has 8 heteroatoms. The molecule has 0 radical (unpaired) electrons. The summed E-state index contributed by atoms with van der Waals surface area (Å²) in [6.07, 6.45) is 1.90. The molecule has 0 aliphatic carbocycles. The molecule has 1 amide bonds. The van der Waals surface area contributed by atoms with E-state index >= 15 is 0 Å². The van der Waals surface area contributed by atoms with Crippen LogP contribution in [-0.2, 0) is 32.5 Å². The van der Waals surface area contributed by atoms with Gasteiger partial charge < -0.3 is 9.30 Å². The number of nitrogens with one attached hydrogen (secondary N) is 1. The lowest BCUT2D eigenvalue weighted by molar-refractivity contribution is -0.122. The minimum absolute atomic E-state index is 0.0403. The number of carbonyl (C=O) groups excluding carboxylic acids is 1. The number of ether oxygens (including phenoxy) is 1. The minimum atomic E-state index is -4.04. The van der Waals surface area contributed by atoms with Gasteiger partial charge in [0, 0.05) is 25.6 Å². The van der Waals surface area contributed by atoms with E-state index in [0.29, 0.717) is 12.1 Å². The molecule has 4 aromatic rings. The number of rotatable bonds is 9. The van der Waals surface area contributed by atoms with Gasteiger partial charge in [0.1, 0.15) is 12.4 Å². The van der Waals surface area contributed by atoms with Crippen LogP contribution in [0, 0.1) is 6.92 Å². The van der Waals surface area contributed by atoms with E-state index in [1.165, 1.54) is 13.2 Å². The summed E-state index contributed by atoms with van der Waals surface area (Å²) in [5.74, 6) is 0.340. The highest BCUT2D eigenvalue weighted by Gasteiger charge is 2.21. The SMILES string of the molecule is CCCc1nc2c(C)cccc2n1Cc1ccc(-c2ccccc2S(=O)(=O)NC(=O)COC)cc1. The first kappa shape index (κ1) is 24.6. The third-order valence-corrected chi connectivity index (χ3v) is 7.27. The molecule has 0 spiro atoms. The Kier molecular flexibility index (Phi) is 7.33. The molecule has 0 saturated carbocycles. The number of carbonyl (C=O) groups is 1. The number of imidazole rings is 1. The van der Waals surface area contributed by atoms with Crippen LogP contribution in [0.2, 0.25) is 0 Å². The Bertz CT molecular complexity index is 1460. The number of aryl methyl sites for hydroxylation is 2. The summed E-state index contributed by atoms with van der Waals surface area (Å²) in [7, 11) is -2.71. The summed E-state index contributed by atoms with van der Waals surface area (Å²) in [6.45, 7) is 4.56. The number of nitrogens with zero attached hydrogens (tertiary/aromatic N) is 2. The van der Waals surface area contributed by atoms with Gasteiger partial charge in [-0.3, -0.25) is 4.79 Å². The first-order valence-electron chi connectivity index (χ1n) is 11.5. The predicted octanol–water partition coefficient (Wildman–Crippen LogP) is 4.46. The largest absolute Gasteiger partial charge is 0.375 e. The Morgan fingerprint density at radius 2 is 1.77 bits per heavy atom. The number of amides is 1. The molecule has 0 unspecified atom stereocenters. The second-order valence-corrected chi connectivity index (χ2v) is 10.1. The Labute approximate surface area is 205 Å². The van der Waals surface area contributed by atoms with Crippen molar-refractivity contribution in [2.45, 2.75) is 38.1 Å². The first-order chi connectivity index (χ1) is 16.8. The zero-order valence-corrected chi connectivity index (χ0v) is 20.9. The number of benzene rings is 3. The number of hydrogen-bond donors (Lipinski definition) is 1. The molecule has 0 atom stereocenters. The number of hydrogen-bond acceptors (Lipinski definition) is 5. The van der Waals surface area contributed by atoms with E-state index in [4.69, 9.17) is 9.72 Å². The smallest absolute Gasteiger partial charge is 0.264 e. The van der Waals surface area contributed by atoms with E-state index in [-0.39, 0.29) is 11.5 Å². The normalized spacial score (nSPS) is 11.6. The Balaban J connectivity index is 1.65. The van der Waals surface area contributed by atoms with Gasteiger partial charge in [0.25, 0.3) is 15.9 Å². The van der Waals surface area contributed by atoms with E-state index in [0.717, 1.165) is 46.4 Å². The fourth-order valence-electron chi connectivity index (χ4n) is 4.20. The third kappa shape index (κ3) is 5.28. The van der Waals surface area contributed by atoms with Crippen LogP contribution < -0.4 is 4.72 Å². The molecular formula is C27H29N3O4S. The monoisotopic (exact) mass is 491 g/mol. The Morgan fingerprint density at radius 3 is 2.49 bits per heavy atom. The molecule has 0 saturated heterocycles. The number of aromatic nitrogens is 2. The van der Waals surface area contributed by atoms with Crippen LogP contribution in [0.3, 0.4) is 0 Å². The lowest BCUT2D eigenvalue weighted by Gasteiger charge is -2.13. The molecule has 35 heavy (non-hydrogen) atoms. The maximum Gasteiger partial charge on any atom is 0.264 e. The summed E-state index contributed by atoms with van der Waals surface area (Å²) < 4.78 is 34.7. The average molecular weight is 492 g/mol. The van der Waals surface area contributed by atoms with Crippen LogP contribution in [0.5, 0.6) is 0 Å². The van der Waals surface area contributed by atoms with Gasteiger partial charge in [-0.05, 0) is 42.2 Å². The highest BCUT2D eigenvalue weighted by atomic mass is 32.2. The lowest BCUT2D eigenvalue weighted by atomic mass is 10.0. The second-order valence-electron chi connectivity index (χ2n) is 8.46. The molecule has 1 heterocycles. The van der Waals surface area contributed by atoms with Crippen LogP contribution in [-0.4, -0.2) is 37.6 Å². The summed E-state index contributed by atoms with van der Waals surface area (Å²) >= 11 is 0. The number of para-hydroxylation sites is 1. The van der Waals surface area contributed by atoms with Crippen molar-refractivity contribution in [1.29, 1.82) is 0 Å². The van der Waals surface area contributed by atoms with Crippen molar-refractivity contribution >= 4 is 27.0 Å². The van der Waals surface area contributed by atoms with Gasteiger partial charge >= 0.3 is 0 Å². The Morgan fingerprint density at radius 1 is 1.03 bits per heavy atom. The fourth-order valence-corrected chi connectivity index (χ4v) is 5.40. The van der Waals surface area contributed by atoms with Gasteiger partial charge in [-0.2, -0.15) is 0 Å². The summed E-state index contributed by atoms with van der Waals surface area (Å²) in [5.41, 5.74) is 5.65. The molecule has 1 N–H and O–H groups in total. The van der Waals surface area contributed by atoms with Gasteiger partial charge in [-0.15, -0.1) is 0 Å². The van der Waals surface area contributed by atoms with E-state index in [1.807, 2.05) is 24.3 Å². The minimum Gasteiger partial charge on any atom is -0.375 e. The molecule has 0 fully saturated rings. The standard InChI is InChI=1S/C27H29N3O4S/c1-4-8-25-28-27-19(2)9-7-11-23(27)30(25)17-20-13-15-21(16-14-20)22-10-5-6-12-24(22)35(32,33)29-26(31)18-34-3/h5-7,9-16H,4,8,17-18H2,1-3H3,(H,29,31). The maximum absolute atomic E-state index is 12.8. The van der Waals surface area contributed by atoms with Crippen molar-refractivity contribution in [1.82, 2.24) is 14.3 Å². The molecular weight excluding hydrogens is 462 g/mol. The molecule has 0 aliphatic rings. The van der Waals surface area contributed by atoms with Crippen LogP contribution >= 0.6 is 0 Å². The molecule has 1 aromatic heterocycles. The van der Waals surface area contributed by atoms with Crippen molar-refractivity contribution in [2.24, 2.45) is 0 Å². The van der Waals surface area contributed by atoms with Gasteiger partial charge in [0.2, 0.25) is 0 Å². The van der Waals surface area contributed by atoms with Crippen LogP contribution in [0.25, 0.3) is 22.2 Å². The van der Waals surface area contributed by atoms with Gasteiger partial charge in [0.15, 0.2) is 0 Å². The summed E-state index contributed by atoms with van der Waals surface area (Å²) in [6, 6.07) is 20.7. The van der Waals surface area contributed by atoms with Gasteiger partial charge in [0.05, 0.1) is 15.9 Å². The zero-order chi connectivity index (χ0) is 25.0. The van der Waals surface area contributed by atoms with Crippen LogP contribution in [0.4, 0.5) is 0 Å². The topological polar surface area (TPSA) is 90.3 Å². The van der Waals surface area contributed by atoms with Crippen molar-refractivity contribution in [2.75, 3.05) is 13.7 Å². The Hall–Kier alpha value is -3.49. The van der Waals surface area contributed by atoms with Gasteiger partial charge in [-0.25, -0.2) is 18.1 Å². The molecule has 4 rings (SSSR count). The van der Waals surface area contributed by atoms with E-state index in [1.54, 1.807) is 18.2 Å². The van der Waals surface area contributed by atoms with Gasteiger partial charge in [-0.1, -0.05) is 61.5 Å². The zero-order valence-electron chi connectivity index (χ0n) is 20.1. The van der Waals surface area contributed by atoms with Crippen molar-refractivity contribution < 1.29 is 17.9 Å². The van der Waals surface area contributed by atoms with E-state index in [9.17, 15) is 13.2 Å². The third-order valence-electron chi connectivity index (χ3n) is 5.84. The summed E-state index contributed by atoms with van der Waals surface area (Å²) in [4.78, 5) is 16.8. The molecule has 182 valence electrons. The van der Waals surface area contributed by atoms with Crippen LogP contribution in [0.15, 0.2) is 71.6 Å². The number of methoxy groups -OCH3 is 1. The van der Waals surface area contributed by atoms with Crippen LogP contribution in [0.1, 0.15) is 30.3 Å².